The van der Waals surface area contributed by atoms with Crippen molar-refractivity contribution in [3.8, 4) is 17.2 Å². The van der Waals surface area contributed by atoms with Gasteiger partial charge in [-0.3, -0.25) is 0 Å². The van der Waals surface area contributed by atoms with E-state index in [1.807, 2.05) is 30.3 Å². The third-order valence-electron chi connectivity index (χ3n) is 5.16. The van der Waals surface area contributed by atoms with Crippen LogP contribution in [0, 0.1) is 0 Å². The molecule has 2 heterocycles. The summed E-state index contributed by atoms with van der Waals surface area (Å²) >= 11 is 1.56. The molecular weight excluding hydrogens is 386 g/mol. The van der Waals surface area contributed by atoms with Gasteiger partial charge in [0.15, 0.2) is 5.16 Å². The number of methoxy groups -OCH3 is 1. The molecular formula is C21H25N5O2S. The van der Waals surface area contributed by atoms with Crippen molar-refractivity contribution in [1.82, 2.24) is 25.0 Å². The average Bonchev–Trinajstić information content (AvgIpc) is 3.40. The Bertz CT molecular complexity index is 944. The van der Waals surface area contributed by atoms with Crippen LogP contribution in [0.3, 0.4) is 0 Å². The molecule has 0 N–H and O–H groups in total. The lowest BCUT2D eigenvalue weighted by Gasteiger charge is -2.21. The fraction of sp³-hybridized carbons (Fsp3) is 0.429. The standard InChI is InChI=1S/C21H25N5O2S/c1-3-13-26-19(15-7-5-4-6-8-15)23-25-21(26)29-14-18-22-24-20(28-18)16-9-11-17(27-2)12-10-16/h3,9-12,15H,1,4-8,13-14H2,2H3. The number of hydrogen-bond donors (Lipinski definition) is 0. The summed E-state index contributed by atoms with van der Waals surface area (Å²) in [6.07, 6.45) is 8.13. The van der Waals surface area contributed by atoms with Crippen molar-refractivity contribution in [1.29, 1.82) is 0 Å². The summed E-state index contributed by atoms with van der Waals surface area (Å²) in [6, 6.07) is 7.55. The zero-order valence-corrected chi connectivity index (χ0v) is 17.4. The predicted octanol–water partition coefficient (Wildman–Crippen LogP) is 4.86. The van der Waals surface area contributed by atoms with E-state index in [-0.39, 0.29) is 0 Å². The first-order valence-electron chi connectivity index (χ1n) is 9.92. The van der Waals surface area contributed by atoms with Gasteiger partial charge < -0.3 is 13.7 Å². The fourth-order valence-electron chi connectivity index (χ4n) is 3.66. The van der Waals surface area contributed by atoms with Gasteiger partial charge in [0.1, 0.15) is 11.6 Å². The second-order valence-corrected chi connectivity index (χ2v) is 8.04. The molecule has 8 heteroatoms. The number of ether oxygens (including phenoxy) is 1. The van der Waals surface area contributed by atoms with Gasteiger partial charge in [0.25, 0.3) is 0 Å². The number of aromatic nitrogens is 5. The number of thioether (sulfide) groups is 1. The van der Waals surface area contributed by atoms with Crippen molar-refractivity contribution < 1.29 is 9.15 Å². The first kappa shape index (κ1) is 19.7. The smallest absolute Gasteiger partial charge is 0.247 e. The van der Waals surface area contributed by atoms with Crippen LogP contribution in [-0.2, 0) is 12.3 Å². The molecule has 1 aliphatic rings. The quantitative estimate of drug-likeness (QED) is 0.387. The lowest BCUT2D eigenvalue weighted by molar-refractivity contribution is 0.415. The van der Waals surface area contributed by atoms with E-state index in [1.54, 1.807) is 18.9 Å². The third kappa shape index (κ3) is 4.53. The second-order valence-electron chi connectivity index (χ2n) is 7.09. The minimum atomic E-state index is 0.496. The van der Waals surface area contributed by atoms with Gasteiger partial charge in [-0.25, -0.2) is 0 Å². The van der Waals surface area contributed by atoms with Crippen LogP contribution in [0.4, 0.5) is 0 Å². The highest BCUT2D eigenvalue weighted by atomic mass is 32.2. The molecule has 1 saturated carbocycles. The molecule has 0 radical (unpaired) electrons. The molecule has 7 nitrogen and oxygen atoms in total. The Kier molecular flexibility index (Phi) is 6.29. The van der Waals surface area contributed by atoms with Crippen LogP contribution in [-0.4, -0.2) is 32.1 Å². The number of hydrogen-bond acceptors (Lipinski definition) is 7. The van der Waals surface area contributed by atoms with Crippen molar-refractivity contribution in [3.05, 3.63) is 48.6 Å². The highest BCUT2D eigenvalue weighted by Crippen LogP contribution is 2.34. The monoisotopic (exact) mass is 411 g/mol. The molecule has 1 aromatic carbocycles. The lowest BCUT2D eigenvalue weighted by atomic mass is 9.89. The van der Waals surface area contributed by atoms with Crippen molar-refractivity contribution in [2.45, 2.75) is 55.5 Å². The van der Waals surface area contributed by atoms with Crippen LogP contribution in [0.25, 0.3) is 11.5 Å². The van der Waals surface area contributed by atoms with Gasteiger partial charge in [-0.05, 0) is 37.1 Å². The Hall–Kier alpha value is -2.61. The maximum atomic E-state index is 5.83. The van der Waals surface area contributed by atoms with Crippen molar-refractivity contribution >= 4 is 11.8 Å². The minimum absolute atomic E-state index is 0.496. The number of benzene rings is 1. The SMILES string of the molecule is C=CCn1c(SCc2nnc(-c3ccc(OC)cc3)o2)nnc1C1CCCCC1. The molecule has 0 saturated heterocycles. The van der Waals surface area contributed by atoms with E-state index in [9.17, 15) is 0 Å². The summed E-state index contributed by atoms with van der Waals surface area (Å²) in [4.78, 5) is 0. The highest BCUT2D eigenvalue weighted by molar-refractivity contribution is 7.98. The summed E-state index contributed by atoms with van der Waals surface area (Å²) in [7, 11) is 1.64. The summed E-state index contributed by atoms with van der Waals surface area (Å²) in [5, 5.41) is 18.1. The number of nitrogens with zero attached hydrogens (tertiary/aromatic N) is 5. The van der Waals surface area contributed by atoms with E-state index < -0.39 is 0 Å². The maximum Gasteiger partial charge on any atom is 0.247 e. The molecule has 0 atom stereocenters. The van der Waals surface area contributed by atoms with Crippen molar-refractivity contribution in [2.75, 3.05) is 7.11 Å². The Balaban J connectivity index is 1.45. The van der Waals surface area contributed by atoms with E-state index in [2.05, 4.69) is 31.5 Å². The summed E-state index contributed by atoms with van der Waals surface area (Å²) in [5.74, 6) is 3.97. The summed E-state index contributed by atoms with van der Waals surface area (Å²) in [5.41, 5.74) is 0.865. The molecule has 4 rings (SSSR count). The topological polar surface area (TPSA) is 78.9 Å². The van der Waals surface area contributed by atoms with E-state index in [0.29, 0.717) is 30.0 Å². The normalized spacial score (nSPS) is 14.8. The van der Waals surface area contributed by atoms with Crippen LogP contribution in [0.2, 0.25) is 0 Å². The zero-order valence-electron chi connectivity index (χ0n) is 16.6. The number of rotatable bonds is 8. The Morgan fingerprint density at radius 1 is 1.14 bits per heavy atom. The summed E-state index contributed by atoms with van der Waals surface area (Å²) in [6.45, 7) is 4.61. The van der Waals surface area contributed by atoms with Gasteiger partial charge >= 0.3 is 0 Å². The van der Waals surface area contributed by atoms with Crippen molar-refractivity contribution in [3.63, 3.8) is 0 Å². The van der Waals surface area contributed by atoms with E-state index >= 15 is 0 Å². The molecule has 0 unspecified atom stereocenters. The molecule has 0 aliphatic heterocycles. The predicted molar refractivity (Wildman–Crippen MR) is 112 cm³/mol. The van der Waals surface area contributed by atoms with Crippen LogP contribution >= 0.6 is 11.8 Å². The molecule has 1 aliphatic carbocycles. The lowest BCUT2D eigenvalue weighted by Crippen LogP contribution is -2.12. The average molecular weight is 412 g/mol. The van der Waals surface area contributed by atoms with Gasteiger partial charge in [-0.2, -0.15) is 0 Å². The number of allylic oxidation sites excluding steroid dienone is 1. The van der Waals surface area contributed by atoms with Crippen molar-refractivity contribution in [2.24, 2.45) is 0 Å². The first-order chi connectivity index (χ1) is 14.3. The Morgan fingerprint density at radius 2 is 1.93 bits per heavy atom. The third-order valence-corrected chi connectivity index (χ3v) is 6.11. The van der Waals surface area contributed by atoms with E-state index in [4.69, 9.17) is 9.15 Å². The van der Waals surface area contributed by atoms with E-state index in [0.717, 1.165) is 22.3 Å². The molecule has 152 valence electrons. The molecule has 0 spiro atoms. The second kappa shape index (κ2) is 9.26. The zero-order chi connectivity index (χ0) is 20.1. The fourth-order valence-corrected chi connectivity index (χ4v) is 4.45. The van der Waals surface area contributed by atoms with Crippen LogP contribution in [0.5, 0.6) is 5.75 Å². The molecule has 0 amide bonds. The Labute approximate surface area is 174 Å². The van der Waals surface area contributed by atoms with Gasteiger partial charge in [0.05, 0.1) is 12.9 Å². The Morgan fingerprint density at radius 3 is 2.66 bits per heavy atom. The van der Waals surface area contributed by atoms with Gasteiger partial charge in [0.2, 0.25) is 11.8 Å². The van der Waals surface area contributed by atoms with Crippen LogP contribution in [0.15, 0.2) is 46.5 Å². The van der Waals surface area contributed by atoms with E-state index in [1.165, 1.54) is 32.1 Å². The first-order valence-corrected chi connectivity index (χ1v) is 10.9. The largest absolute Gasteiger partial charge is 0.497 e. The van der Waals surface area contributed by atoms with Gasteiger partial charge in [-0.15, -0.1) is 27.0 Å². The molecule has 29 heavy (non-hydrogen) atoms. The summed E-state index contributed by atoms with van der Waals surface area (Å²) < 4.78 is 13.2. The molecule has 2 aromatic heterocycles. The van der Waals surface area contributed by atoms with Gasteiger partial charge in [0, 0.05) is 18.0 Å². The van der Waals surface area contributed by atoms with Gasteiger partial charge in [-0.1, -0.05) is 37.1 Å². The molecule has 1 fully saturated rings. The maximum absolute atomic E-state index is 5.83. The molecule has 3 aromatic rings. The highest BCUT2D eigenvalue weighted by Gasteiger charge is 2.23. The minimum Gasteiger partial charge on any atom is -0.497 e. The van der Waals surface area contributed by atoms with Crippen LogP contribution in [0.1, 0.15) is 49.7 Å². The molecule has 0 bridgehead atoms. The van der Waals surface area contributed by atoms with Crippen LogP contribution < -0.4 is 4.74 Å².